The summed E-state index contributed by atoms with van der Waals surface area (Å²) >= 11 is 0. The zero-order valence-electron chi connectivity index (χ0n) is 12.7. The number of halogens is 4. The Morgan fingerprint density at radius 3 is 2.08 bits per heavy atom. The van der Waals surface area contributed by atoms with Gasteiger partial charge in [-0.1, -0.05) is 12.1 Å². The van der Waals surface area contributed by atoms with E-state index in [1.807, 2.05) is 0 Å². The molecule has 0 spiro atoms. The highest BCUT2D eigenvalue weighted by molar-refractivity contribution is 5.94. The highest BCUT2D eigenvalue weighted by atomic mass is 19.4. The summed E-state index contributed by atoms with van der Waals surface area (Å²) in [6.45, 7) is 0.235. The van der Waals surface area contributed by atoms with Crippen LogP contribution in [0.4, 0.5) is 17.6 Å². The van der Waals surface area contributed by atoms with Crippen LogP contribution >= 0.6 is 0 Å². The van der Waals surface area contributed by atoms with E-state index in [0.29, 0.717) is 11.1 Å². The number of nitrogens with zero attached hydrogens (tertiary/aromatic N) is 1. The summed E-state index contributed by atoms with van der Waals surface area (Å²) in [6.07, 6.45) is -2.64. The third-order valence-corrected chi connectivity index (χ3v) is 3.97. The number of hydrogen-bond acceptors (Lipinski definition) is 1. The van der Waals surface area contributed by atoms with Crippen molar-refractivity contribution < 1.29 is 22.4 Å². The van der Waals surface area contributed by atoms with Crippen molar-refractivity contribution in [3.05, 3.63) is 71.0 Å². The quantitative estimate of drug-likeness (QED) is 0.744. The van der Waals surface area contributed by atoms with Gasteiger partial charge >= 0.3 is 6.18 Å². The van der Waals surface area contributed by atoms with Crippen molar-refractivity contribution in [2.24, 2.45) is 0 Å². The van der Waals surface area contributed by atoms with Crippen molar-refractivity contribution in [1.82, 2.24) is 4.90 Å². The fourth-order valence-corrected chi connectivity index (χ4v) is 2.51. The van der Waals surface area contributed by atoms with E-state index in [1.165, 1.54) is 36.4 Å². The molecule has 1 aliphatic rings. The second kappa shape index (κ2) is 6.26. The Labute approximate surface area is 136 Å². The van der Waals surface area contributed by atoms with Crippen LogP contribution in [0.15, 0.2) is 48.5 Å². The molecule has 0 N–H and O–H groups in total. The van der Waals surface area contributed by atoms with E-state index in [9.17, 15) is 22.4 Å². The number of hydrogen-bond donors (Lipinski definition) is 0. The van der Waals surface area contributed by atoms with Crippen LogP contribution in [-0.4, -0.2) is 16.8 Å². The molecule has 24 heavy (non-hydrogen) atoms. The molecule has 0 heterocycles. The zero-order chi connectivity index (χ0) is 17.3. The maximum Gasteiger partial charge on any atom is 0.416 e. The molecule has 2 nitrogen and oxygen atoms in total. The maximum atomic E-state index is 13.0. The lowest BCUT2D eigenvalue weighted by atomic mass is 10.1. The van der Waals surface area contributed by atoms with Crippen molar-refractivity contribution in [3.8, 4) is 0 Å². The Bertz CT molecular complexity index is 718. The summed E-state index contributed by atoms with van der Waals surface area (Å²) in [5, 5.41) is 0. The molecule has 0 saturated heterocycles. The first kappa shape index (κ1) is 16.5. The van der Waals surface area contributed by atoms with Gasteiger partial charge in [-0.15, -0.1) is 0 Å². The van der Waals surface area contributed by atoms with Gasteiger partial charge < -0.3 is 4.90 Å². The number of alkyl halides is 3. The molecule has 1 saturated carbocycles. The van der Waals surface area contributed by atoms with Gasteiger partial charge in [-0.3, -0.25) is 4.79 Å². The van der Waals surface area contributed by atoms with Gasteiger partial charge in [0, 0.05) is 18.2 Å². The standard InChI is InChI=1S/C18H15F4NO/c19-15-7-3-13(4-8-15)17(24)23(16-9-10-16)11-12-1-5-14(6-2-12)18(20,21)22/h1-8,16H,9-11H2. The second-order valence-corrected chi connectivity index (χ2v) is 5.87. The molecule has 1 fully saturated rings. The van der Waals surface area contributed by atoms with Gasteiger partial charge in [-0.25, -0.2) is 4.39 Å². The largest absolute Gasteiger partial charge is 0.416 e. The number of benzene rings is 2. The molecule has 0 aliphatic heterocycles. The molecule has 0 unspecified atom stereocenters. The van der Waals surface area contributed by atoms with Crippen molar-refractivity contribution in [1.29, 1.82) is 0 Å². The average molecular weight is 337 g/mol. The SMILES string of the molecule is O=C(c1ccc(F)cc1)N(Cc1ccc(C(F)(F)F)cc1)C1CC1. The van der Waals surface area contributed by atoms with Gasteiger partial charge in [0.15, 0.2) is 0 Å². The molecule has 0 radical (unpaired) electrons. The fourth-order valence-electron chi connectivity index (χ4n) is 2.51. The van der Waals surface area contributed by atoms with Crippen LogP contribution in [0.1, 0.15) is 34.3 Å². The summed E-state index contributed by atoms with van der Waals surface area (Å²) < 4.78 is 50.8. The Hall–Kier alpha value is -2.37. The van der Waals surface area contributed by atoms with Crippen LogP contribution < -0.4 is 0 Å². The lowest BCUT2D eigenvalue weighted by molar-refractivity contribution is -0.137. The fraction of sp³-hybridized carbons (Fsp3) is 0.278. The Morgan fingerprint density at radius 1 is 1.00 bits per heavy atom. The molecule has 0 atom stereocenters. The molecule has 0 bridgehead atoms. The van der Waals surface area contributed by atoms with E-state index in [4.69, 9.17) is 0 Å². The number of carbonyl (C=O) groups is 1. The molecule has 0 aromatic heterocycles. The van der Waals surface area contributed by atoms with E-state index in [0.717, 1.165) is 25.0 Å². The highest BCUT2D eigenvalue weighted by Crippen LogP contribution is 2.32. The summed E-state index contributed by atoms with van der Waals surface area (Å²) in [7, 11) is 0. The smallest absolute Gasteiger partial charge is 0.331 e. The number of carbonyl (C=O) groups excluding carboxylic acids is 1. The minimum absolute atomic E-state index is 0.0878. The Kier molecular flexibility index (Phi) is 4.30. The highest BCUT2D eigenvalue weighted by Gasteiger charge is 2.34. The topological polar surface area (TPSA) is 20.3 Å². The second-order valence-electron chi connectivity index (χ2n) is 5.87. The van der Waals surface area contributed by atoms with Gasteiger partial charge in [0.1, 0.15) is 5.82 Å². The monoisotopic (exact) mass is 337 g/mol. The molecule has 6 heteroatoms. The predicted octanol–water partition coefficient (Wildman–Crippen LogP) is 4.65. The van der Waals surface area contributed by atoms with Crippen LogP contribution in [0.3, 0.4) is 0 Å². The van der Waals surface area contributed by atoms with Crippen LogP contribution in [0, 0.1) is 5.82 Å². The van der Waals surface area contributed by atoms with E-state index in [2.05, 4.69) is 0 Å². The van der Waals surface area contributed by atoms with E-state index in [-0.39, 0.29) is 18.5 Å². The minimum atomic E-state index is -4.38. The van der Waals surface area contributed by atoms with Crippen LogP contribution in [-0.2, 0) is 12.7 Å². The van der Waals surface area contributed by atoms with Gasteiger partial charge in [-0.05, 0) is 54.8 Å². The molecule has 1 amide bonds. The van der Waals surface area contributed by atoms with Crippen LogP contribution in [0.2, 0.25) is 0 Å². The molecule has 2 aromatic carbocycles. The molecule has 126 valence electrons. The van der Waals surface area contributed by atoms with Gasteiger partial charge in [0.25, 0.3) is 5.91 Å². The first-order chi connectivity index (χ1) is 11.3. The summed E-state index contributed by atoms with van der Waals surface area (Å²) in [4.78, 5) is 14.2. The maximum absolute atomic E-state index is 13.0. The summed E-state index contributed by atoms with van der Waals surface area (Å²) in [5.41, 5.74) is 0.287. The van der Waals surface area contributed by atoms with Crippen LogP contribution in [0.5, 0.6) is 0 Å². The molecular formula is C18H15F4NO. The predicted molar refractivity (Wildman–Crippen MR) is 80.7 cm³/mol. The lowest BCUT2D eigenvalue weighted by Gasteiger charge is -2.23. The van der Waals surface area contributed by atoms with Crippen molar-refractivity contribution >= 4 is 5.91 Å². The van der Waals surface area contributed by atoms with Gasteiger partial charge in [0.05, 0.1) is 5.56 Å². The van der Waals surface area contributed by atoms with Gasteiger partial charge in [0.2, 0.25) is 0 Å². The van der Waals surface area contributed by atoms with Crippen molar-refractivity contribution in [3.63, 3.8) is 0 Å². The first-order valence-electron chi connectivity index (χ1n) is 7.57. The zero-order valence-corrected chi connectivity index (χ0v) is 12.7. The average Bonchev–Trinajstić information content (AvgIpc) is 3.37. The Morgan fingerprint density at radius 2 is 1.58 bits per heavy atom. The third-order valence-electron chi connectivity index (χ3n) is 3.97. The van der Waals surface area contributed by atoms with Crippen molar-refractivity contribution in [2.45, 2.75) is 31.6 Å². The Balaban J connectivity index is 1.77. The summed E-state index contributed by atoms with van der Waals surface area (Å²) in [6, 6.07) is 10.2. The van der Waals surface area contributed by atoms with Crippen LogP contribution in [0.25, 0.3) is 0 Å². The van der Waals surface area contributed by atoms with E-state index < -0.39 is 17.6 Å². The normalized spacial score (nSPS) is 14.5. The molecule has 2 aromatic rings. The number of rotatable bonds is 4. The van der Waals surface area contributed by atoms with Crippen molar-refractivity contribution in [2.75, 3.05) is 0 Å². The third kappa shape index (κ3) is 3.75. The molecule has 1 aliphatic carbocycles. The molecular weight excluding hydrogens is 322 g/mol. The lowest BCUT2D eigenvalue weighted by Crippen LogP contribution is -2.32. The molecule has 3 rings (SSSR count). The van der Waals surface area contributed by atoms with E-state index >= 15 is 0 Å². The number of amides is 1. The van der Waals surface area contributed by atoms with Gasteiger partial charge in [-0.2, -0.15) is 13.2 Å². The minimum Gasteiger partial charge on any atom is -0.331 e. The first-order valence-corrected chi connectivity index (χ1v) is 7.57. The summed E-state index contributed by atoms with van der Waals surface area (Å²) in [5.74, 6) is -0.662. The van der Waals surface area contributed by atoms with E-state index in [1.54, 1.807) is 4.90 Å².